The highest BCUT2D eigenvalue weighted by molar-refractivity contribution is 5.80. The second kappa shape index (κ2) is 12.5. The maximum absolute atomic E-state index is 7.80. The largest absolute Gasteiger partial charge is 0.476 e. The van der Waals surface area contributed by atoms with Crippen LogP contribution in [0.5, 0.6) is 5.88 Å². The molecule has 2 aromatic rings. The molecule has 0 aliphatic carbocycles. The van der Waals surface area contributed by atoms with Gasteiger partial charge in [-0.15, -0.1) is 0 Å². The Labute approximate surface area is 189 Å². The molecule has 9 heteroatoms. The first-order chi connectivity index (χ1) is 15.6. The number of morpholine rings is 1. The Hall–Kier alpha value is -3.33. The van der Waals surface area contributed by atoms with Crippen LogP contribution in [0.3, 0.4) is 0 Å². The molecule has 3 rings (SSSR count). The van der Waals surface area contributed by atoms with Crippen molar-refractivity contribution in [2.24, 2.45) is 5.10 Å². The third-order valence-corrected chi connectivity index (χ3v) is 4.80. The van der Waals surface area contributed by atoms with Crippen LogP contribution in [0.15, 0.2) is 41.5 Å². The molecule has 0 saturated carbocycles. The molecule has 1 aliphatic rings. The number of guanidine groups is 1. The second-order valence-corrected chi connectivity index (χ2v) is 7.51. The summed E-state index contributed by atoms with van der Waals surface area (Å²) in [5.74, 6) is 1.42. The van der Waals surface area contributed by atoms with Crippen molar-refractivity contribution in [2.45, 2.75) is 20.3 Å². The number of pyridine rings is 1. The molecule has 9 nitrogen and oxygen atoms in total. The molecule has 0 amide bonds. The number of rotatable bonds is 10. The van der Waals surface area contributed by atoms with Gasteiger partial charge in [0.2, 0.25) is 5.88 Å². The van der Waals surface area contributed by atoms with Gasteiger partial charge in [-0.1, -0.05) is 36.8 Å². The Bertz CT molecular complexity index is 898. The van der Waals surface area contributed by atoms with Crippen molar-refractivity contribution >= 4 is 23.7 Å². The van der Waals surface area contributed by atoms with E-state index in [1.165, 1.54) is 5.56 Å². The van der Waals surface area contributed by atoms with Crippen molar-refractivity contribution in [3.63, 3.8) is 0 Å². The van der Waals surface area contributed by atoms with Crippen LogP contribution in [0.4, 0.5) is 11.5 Å². The zero-order chi connectivity index (χ0) is 22.6. The number of hydrogen-bond acceptors (Lipinski definition) is 7. The summed E-state index contributed by atoms with van der Waals surface area (Å²) in [5.41, 5.74) is 6.24. The maximum Gasteiger partial charge on any atom is 0.217 e. The van der Waals surface area contributed by atoms with Gasteiger partial charge in [0.25, 0.3) is 0 Å². The number of aromatic nitrogens is 1. The molecule has 1 fully saturated rings. The molecule has 172 valence electrons. The summed E-state index contributed by atoms with van der Waals surface area (Å²) in [6, 6.07) is 12.0. The standard InChI is InChI=1S/C23H33N7O2/c1-3-7-25-23(24)26-8-11-32-22-16-20(30-9-12-31-13-10-30)15-21(28-22)29-27-17-19-6-4-5-18(2)14-19/h4-6,14-17H,3,7-13H2,1-2H3,(H,28,29)(H3,24,25,26)/b27-17+. The summed E-state index contributed by atoms with van der Waals surface area (Å²) < 4.78 is 11.3. The average Bonchev–Trinajstić information content (AvgIpc) is 2.81. The molecule has 0 atom stereocenters. The number of nitrogens with one attached hydrogen (secondary N) is 4. The second-order valence-electron chi connectivity index (χ2n) is 7.51. The van der Waals surface area contributed by atoms with Gasteiger partial charge < -0.3 is 25.0 Å². The predicted molar refractivity (Wildman–Crippen MR) is 129 cm³/mol. The molecule has 1 aromatic heterocycles. The fourth-order valence-corrected chi connectivity index (χ4v) is 3.19. The SMILES string of the molecule is CCCNC(=N)NCCOc1cc(N2CCOCC2)cc(N/N=C/c2cccc(C)c2)n1. The summed E-state index contributed by atoms with van der Waals surface area (Å²) >= 11 is 0. The van der Waals surface area contributed by atoms with E-state index in [1.54, 1.807) is 6.21 Å². The van der Waals surface area contributed by atoms with E-state index in [0.29, 0.717) is 44.0 Å². The van der Waals surface area contributed by atoms with Crippen molar-refractivity contribution in [3.8, 4) is 5.88 Å². The molecule has 0 bridgehead atoms. The first kappa shape index (κ1) is 23.3. The fraction of sp³-hybridized carbons (Fsp3) is 0.435. The number of anilines is 2. The van der Waals surface area contributed by atoms with E-state index < -0.39 is 0 Å². The van der Waals surface area contributed by atoms with E-state index in [1.807, 2.05) is 24.3 Å². The number of nitrogens with zero attached hydrogens (tertiary/aromatic N) is 3. The molecule has 32 heavy (non-hydrogen) atoms. The van der Waals surface area contributed by atoms with Crippen LogP contribution in [0, 0.1) is 12.3 Å². The summed E-state index contributed by atoms with van der Waals surface area (Å²) in [6.07, 6.45) is 2.75. The lowest BCUT2D eigenvalue weighted by Crippen LogP contribution is -2.38. The smallest absolute Gasteiger partial charge is 0.217 e. The van der Waals surface area contributed by atoms with Gasteiger partial charge in [-0.05, 0) is 18.9 Å². The monoisotopic (exact) mass is 439 g/mol. The van der Waals surface area contributed by atoms with Crippen LogP contribution in [0.2, 0.25) is 0 Å². The van der Waals surface area contributed by atoms with E-state index in [9.17, 15) is 0 Å². The Morgan fingerprint density at radius 2 is 2.03 bits per heavy atom. The summed E-state index contributed by atoms with van der Waals surface area (Å²) in [5, 5.41) is 18.1. The summed E-state index contributed by atoms with van der Waals surface area (Å²) in [4.78, 5) is 6.79. The summed E-state index contributed by atoms with van der Waals surface area (Å²) in [6.45, 7) is 8.82. The van der Waals surface area contributed by atoms with Gasteiger partial charge in [-0.2, -0.15) is 10.1 Å². The van der Waals surface area contributed by atoms with Gasteiger partial charge in [-0.25, -0.2) is 0 Å². The third-order valence-electron chi connectivity index (χ3n) is 4.80. The number of benzene rings is 1. The van der Waals surface area contributed by atoms with Crippen LogP contribution in [-0.4, -0.2) is 63.2 Å². The Morgan fingerprint density at radius 3 is 2.81 bits per heavy atom. The zero-order valence-electron chi connectivity index (χ0n) is 18.9. The van der Waals surface area contributed by atoms with Crippen molar-refractivity contribution in [1.82, 2.24) is 15.6 Å². The minimum Gasteiger partial charge on any atom is -0.476 e. The molecule has 0 spiro atoms. The van der Waals surface area contributed by atoms with Gasteiger partial charge in [0.05, 0.1) is 26.0 Å². The van der Waals surface area contributed by atoms with E-state index in [4.69, 9.17) is 14.9 Å². The minimum atomic E-state index is 0.304. The van der Waals surface area contributed by atoms with Gasteiger partial charge in [-0.3, -0.25) is 10.8 Å². The van der Waals surface area contributed by atoms with E-state index in [-0.39, 0.29) is 0 Å². The van der Waals surface area contributed by atoms with Crippen LogP contribution >= 0.6 is 0 Å². The Morgan fingerprint density at radius 1 is 1.22 bits per heavy atom. The van der Waals surface area contributed by atoms with Gasteiger partial charge in [0, 0.05) is 37.5 Å². The highest BCUT2D eigenvalue weighted by atomic mass is 16.5. The lowest BCUT2D eigenvalue weighted by molar-refractivity contribution is 0.122. The van der Waals surface area contributed by atoms with Crippen molar-refractivity contribution in [3.05, 3.63) is 47.5 Å². The quantitative estimate of drug-likeness (QED) is 0.195. The number of aryl methyl sites for hydroxylation is 1. The predicted octanol–water partition coefficient (Wildman–Crippen LogP) is 2.58. The van der Waals surface area contributed by atoms with Crippen LogP contribution < -0.4 is 25.7 Å². The van der Waals surface area contributed by atoms with Gasteiger partial charge in [0.15, 0.2) is 11.8 Å². The molecule has 1 aliphatic heterocycles. The number of hydrazone groups is 1. The third kappa shape index (κ3) is 7.73. The van der Waals surface area contributed by atoms with Gasteiger partial charge in [0.1, 0.15) is 6.61 Å². The molecule has 0 radical (unpaired) electrons. The molecular weight excluding hydrogens is 406 g/mol. The molecule has 4 N–H and O–H groups in total. The lowest BCUT2D eigenvalue weighted by Gasteiger charge is -2.29. The topological polar surface area (TPSA) is 107 Å². The highest BCUT2D eigenvalue weighted by Gasteiger charge is 2.14. The lowest BCUT2D eigenvalue weighted by atomic mass is 10.2. The van der Waals surface area contributed by atoms with E-state index >= 15 is 0 Å². The Balaban J connectivity index is 1.63. The van der Waals surface area contributed by atoms with Gasteiger partial charge >= 0.3 is 0 Å². The van der Waals surface area contributed by atoms with Crippen molar-refractivity contribution < 1.29 is 9.47 Å². The molecule has 1 saturated heterocycles. The molecular formula is C23H33N7O2. The zero-order valence-corrected chi connectivity index (χ0v) is 18.9. The van der Waals surface area contributed by atoms with Crippen molar-refractivity contribution in [2.75, 3.05) is 56.3 Å². The first-order valence-corrected chi connectivity index (χ1v) is 11.0. The first-order valence-electron chi connectivity index (χ1n) is 11.0. The van der Waals surface area contributed by atoms with Crippen molar-refractivity contribution in [1.29, 1.82) is 5.41 Å². The molecule has 0 unspecified atom stereocenters. The average molecular weight is 440 g/mol. The number of ether oxygens (including phenoxy) is 2. The normalized spacial score (nSPS) is 13.8. The van der Waals surface area contributed by atoms with E-state index in [0.717, 1.165) is 37.3 Å². The summed E-state index contributed by atoms with van der Waals surface area (Å²) in [7, 11) is 0. The van der Waals surface area contributed by atoms with Crippen LogP contribution in [-0.2, 0) is 4.74 Å². The van der Waals surface area contributed by atoms with Crippen LogP contribution in [0.25, 0.3) is 0 Å². The fourth-order valence-electron chi connectivity index (χ4n) is 3.19. The minimum absolute atomic E-state index is 0.304. The molecule has 2 heterocycles. The molecule has 1 aromatic carbocycles. The maximum atomic E-state index is 7.80. The van der Waals surface area contributed by atoms with Crippen LogP contribution in [0.1, 0.15) is 24.5 Å². The van der Waals surface area contributed by atoms with E-state index in [2.05, 4.69) is 57.0 Å². The Kier molecular flexibility index (Phi) is 9.12. The highest BCUT2D eigenvalue weighted by Crippen LogP contribution is 2.24. The number of hydrogen-bond donors (Lipinski definition) is 4.